The van der Waals surface area contributed by atoms with Crippen molar-refractivity contribution in [3.8, 4) is 0 Å². The van der Waals surface area contributed by atoms with E-state index in [2.05, 4.69) is 54.2 Å². The van der Waals surface area contributed by atoms with Crippen molar-refractivity contribution in [2.75, 3.05) is 26.2 Å². The standard InChI is InChI=1S/C21H22Br2ClN3O2/c1-2-29-21(28)17-11-27(6-5-25-17)20-18-12(8-15(24)9-16(18)23)3-4-13-7-14(22)10-26-19(13)20/h7-10,17,20,25H,2-6,11H2,1H3. The number of fused-ring (bicyclic) bond motifs is 2. The molecule has 1 N–H and O–H groups in total. The molecule has 154 valence electrons. The zero-order chi connectivity index (χ0) is 20.5. The third-order valence-corrected chi connectivity index (χ3v) is 6.80. The smallest absolute Gasteiger partial charge is 0.324 e. The van der Waals surface area contributed by atoms with Crippen molar-refractivity contribution in [1.82, 2.24) is 15.2 Å². The molecule has 0 spiro atoms. The van der Waals surface area contributed by atoms with Crippen molar-refractivity contribution in [2.24, 2.45) is 0 Å². The second-order valence-corrected chi connectivity index (χ2v) is 9.52. The summed E-state index contributed by atoms with van der Waals surface area (Å²) in [4.78, 5) is 19.5. The third-order valence-electron chi connectivity index (χ3n) is 5.49. The number of pyridine rings is 1. The number of carbonyl (C=O) groups is 1. The maximum absolute atomic E-state index is 12.4. The monoisotopic (exact) mass is 541 g/mol. The zero-order valence-electron chi connectivity index (χ0n) is 16.1. The van der Waals surface area contributed by atoms with Gasteiger partial charge in [-0.2, -0.15) is 0 Å². The van der Waals surface area contributed by atoms with Gasteiger partial charge in [-0.3, -0.25) is 14.7 Å². The van der Waals surface area contributed by atoms with Gasteiger partial charge in [0.05, 0.1) is 18.3 Å². The number of nitrogens with zero attached hydrogens (tertiary/aromatic N) is 2. The Bertz CT molecular complexity index is 940. The van der Waals surface area contributed by atoms with E-state index in [-0.39, 0.29) is 18.1 Å². The maximum Gasteiger partial charge on any atom is 0.324 e. The Kier molecular flexibility index (Phi) is 6.61. The van der Waals surface area contributed by atoms with E-state index in [0.717, 1.165) is 39.0 Å². The molecule has 2 atom stereocenters. The largest absolute Gasteiger partial charge is 0.465 e. The van der Waals surface area contributed by atoms with Crippen LogP contribution in [0.5, 0.6) is 0 Å². The molecule has 4 rings (SSSR count). The Labute approximate surface area is 192 Å². The summed E-state index contributed by atoms with van der Waals surface area (Å²) in [5.74, 6) is -0.204. The molecule has 29 heavy (non-hydrogen) atoms. The van der Waals surface area contributed by atoms with Crippen molar-refractivity contribution in [3.63, 3.8) is 0 Å². The van der Waals surface area contributed by atoms with Gasteiger partial charge in [0.15, 0.2) is 0 Å². The molecule has 0 bridgehead atoms. The number of ether oxygens (including phenoxy) is 1. The first kappa shape index (κ1) is 21.2. The molecule has 0 amide bonds. The third kappa shape index (κ3) is 4.39. The number of nitrogens with one attached hydrogen (secondary N) is 1. The number of piperazine rings is 1. The fourth-order valence-electron chi connectivity index (χ4n) is 4.26. The average Bonchev–Trinajstić information content (AvgIpc) is 2.85. The fourth-order valence-corrected chi connectivity index (χ4v) is 5.73. The number of benzene rings is 1. The van der Waals surface area contributed by atoms with Crippen LogP contribution in [0.1, 0.15) is 35.3 Å². The van der Waals surface area contributed by atoms with Crippen molar-refractivity contribution in [2.45, 2.75) is 31.8 Å². The lowest BCUT2D eigenvalue weighted by atomic mass is 9.95. The molecule has 1 aromatic heterocycles. The molecule has 5 nitrogen and oxygen atoms in total. The van der Waals surface area contributed by atoms with E-state index in [4.69, 9.17) is 21.3 Å². The number of rotatable bonds is 3. The van der Waals surface area contributed by atoms with Crippen molar-refractivity contribution < 1.29 is 9.53 Å². The summed E-state index contributed by atoms with van der Waals surface area (Å²) in [6.45, 7) is 4.30. The van der Waals surface area contributed by atoms with Gasteiger partial charge in [0, 0.05) is 39.8 Å². The van der Waals surface area contributed by atoms with Gasteiger partial charge in [0.25, 0.3) is 0 Å². The van der Waals surface area contributed by atoms with Gasteiger partial charge in [0.1, 0.15) is 6.04 Å². The van der Waals surface area contributed by atoms with Gasteiger partial charge in [-0.1, -0.05) is 27.5 Å². The van der Waals surface area contributed by atoms with E-state index in [0.29, 0.717) is 19.7 Å². The molecule has 1 fully saturated rings. The van der Waals surface area contributed by atoms with Gasteiger partial charge in [-0.15, -0.1) is 0 Å². The number of hydrogen-bond acceptors (Lipinski definition) is 5. The zero-order valence-corrected chi connectivity index (χ0v) is 20.0. The lowest BCUT2D eigenvalue weighted by molar-refractivity contribution is -0.147. The Morgan fingerprint density at radius 2 is 2.10 bits per heavy atom. The normalized spacial score (nSPS) is 21.8. The van der Waals surface area contributed by atoms with Crippen LogP contribution in [-0.2, 0) is 22.4 Å². The van der Waals surface area contributed by atoms with E-state index in [1.807, 2.05) is 19.2 Å². The van der Waals surface area contributed by atoms with Crippen LogP contribution in [0, 0.1) is 0 Å². The highest BCUT2D eigenvalue weighted by Crippen LogP contribution is 2.41. The highest BCUT2D eigenvalue weighted by Gasteiger charge is 2.36. The van der Waals surface area contributed by atoms with Crippen LogP contribution >= 0.6 is 43.5 Å². The number of carbonyl (C=O) groups excluding carboxylic acids is 1. The molecule has 1 saturated heterocycles. The summed E-state index contributed by atoms with van der Waals surface area (Å²) >= 11 is 13.7. The summed E-state index contributed by atoms with van der Waals surface area (Å²) < 4.78 is 7.21. The van der Waals surface area contributed by atoms with Crippen LogP contribution < -0.4 is 5.32 Å². The van der Waals surface area contributed by atoms with Crippen LogP contribution in [0.4, 0.5) is 0 Å². The fraction of sp³-hybridized carbons (Fsp3) is 0.429. The molecular weight excluding hydrogens is 522 g/mol. The van der Waals surface area contributed by atoms with Gasteiger partial charge < -0.3 is 10.1 Å². The Morgan fingerprint density at radius 3 is 2.90 bits per heavy atom. The number of aryl methyl sites for hydroxylation is 2. The lowest BCUT2D eigenvalue weighted by Gasteiger charge is -2.39. The molecular formula is C21H22Br2ClN3O2. The molecule has 8 heteroatoms. The topological polar surface area (TPSA) is 54.5 Å². The summed E-state index contributed by atoms with van der Waals surface area (Å²) in [7, 11) is 0. The molecule has 1 aliphatic carbocycles. The van der Waals surface area contributed by atoms with Crippen LogP contribution in [0.15, 0.2) is 33.3 Å². The minimum atomic E-state index is -0.347. The molecule has 2 heterocycles. The summed E-state index contributed by atoms with van der Waals surface area (Å²) in [5.41, 5.74) is 4.66. The molecule has 1 aromatic carbocycles. The first-order chi connectivity index (χ1) is 14.0. The first-order valence-corrected chi connectivity index (χ1v) is 11.7. The van der Waals surface area contributed by atoms with Gasteiger partial charge in [0.2, 0.25) is 0 Å². The van der Waals surface area contributed by atoms with Crippen molar-refractivity contribution in [3.05, 3.63) is 60.7 Å². The highest BCUT2D eigenvalue weighted by atomic mass is 79.9. The van der Waals surface area contributed by atoms with Crippen LogP contribution in [0.3, 0.4) is 0 Å². The summed E-state index contributed by atoms with van der Waals surface area (Å²) in [6.07, 6.45) is 3.64. The van der Waals surface area contributed by atoms with E-state index >= 15 is 0 Å². The Balaban J connectivity index is 1.80. The molecule has 0 radical (unpaired) electrons. The molecule has 1 aliphatic heterocycles. The number of halogens is 3. The minimum absolute atomic E-state index is 0.0544. The summed E-state index contributed by atoms with van der Waals surface area (Å²) in [5, 5.41) is 4.01. The van der Waals surface area contributed by atoms with E-state index in [1.165, 1.54) is 16.7 Å². The predicted octanol–water partition coefficient (Wildman–Crippen LogP) is 4.28. The van der Waals surface area contributed by atoms with Gasteiger partial charge in [-0.05, 0) is 70.6 Å². The van der Waals surface area contributed by atoms with Crippen LogP contribution in [-0.4, -0.2) is 48.1 Å². The van der Waals surface area contributed by atoms with E-state index < -0.39 is 0 Å². The van der Waals surface area contributed by atoms with Crippen molar-refractivity contribution in [1.29, 1.82) is 0 Å². The van der Waals surface area contributed by atoms with Gasteiger partial charge >= 0.3 is 5.97 Å². The molecule has 0 saturated carbocycles. The first-order valence-electron chi connectivity index (χ1n) is 9.74. The second kappa shape index (κ2) is 9.02. The number of hydrogen-bond donors (Lipinski definition) is 1. The van der Waals surface area contributed by atoms with Gasteiger partial charge in [-0.25, -0.2) is 0 Å². The predicted molar refractivity (Wildman–Crippen MR) is 120 cm³/mol. The Morgan fingerprint density at radius 1 is 1.31 bits per heavy atom. The number of aromatic nitrogens is 1. The quantitative estimate of drug-likeness (QED) is 0.586. The second-order valence-electron chi connectivity index (χ2n) is 7.31. The summed E-state index contributed by atoms with van der Waals surface area (Å²) in [6, 6.07) is 5.76. The minimum Gasteiger partial charge on any atom is -0.465 e. The number of esters is 1. The van der Waals surface area contributed by atoms with Crippen LogP contribution in [0.2, 0.25) is 5.02 Å². The SMILES string of the molecule is CCOC(=O)C1CN(C2c3ncc(Br)cc3CCc3cc(Cl)cc(Br)c32)CCN1. The molecule has 2 unspecified atom stereocenters. The van der Waals surface area contributed by atoms with E-state index in [1.54, 1.807) is 0 Å². The Hall–Kier alpha value is -0.990. The molecule has 2 aliphatic rings. The molecule has 2 aromatic rings. The maximum atomic E-state index is 12.4. The van der Waals surface area contributed by atoms with Crippen LogP contribution in [0.25, 0.3) is 0 Å². The average molecular weight is 544 g/mol. The van der Waals surface area contributed by atoms with Crippen molar-refractivity contribution >= 4 is 49.4 Å². The lowest BCUT2D eigenvalue weighted by Crippen LogP contribution is -2.55. The van der Waals surface area contributed by atoms with E-state index in [9.17, 15) is 4.79 Å². The highest BCUT2D eigenvalue weighted by molar-refractivity contribution is 9.10.